The Kier molecular flexibility index (Phi) is 8.08. The van der Waals surface area contributed by atoms with E-state index in [0.29, 0.717) is 0 Å². The molecular weight excluding hydrogens is 552 g/mol. The first kappa shape index (κ1) is 30.3. The van der Waals surface area contributed by atoms with Gasteiger partial charge in [0.1, 0.15) is 30.2 Å². The second kappa shape index (κ2) is 10.7. The molecule has 2 heterocycles. The SMILES string of the molecule is CC(C)OC(=O)C(C)NP(=O)(Oc1ccc(CN)cc1)O[C@H]1[C@]2(O)[C@@](C)(O)[C@H](N3C=CC(N)NC3=O)O[C@]12CF. The van der Waals surface area contributed by atoms with Gasteiger partial charge in [-0.15, -0.1) is 0 Å². The number of alkyl halides is 1. The number of halogens is 1. The lowest BCUT2D eigenvalue weighted by molar-refractivity contribution is -0.168. The van der Waals surface area contributed by atoms with E-state index >= 15 is 0 Å². The molecule has 222 valence electrons. The number of benzene rings is 1. The number of esters is 1. The number of hydrogen-bond donors (Lipinski definition) is 6. The van der Waals surface area contributed by atoms with Crippen molar-refractivity contribution in [2.45, 2.75) is 81.7 Å². The maximum Gasteiger partial charge on any atom is 0.459 e. The summed E-state index contributed by atoms with van der Waals surface area (Å²) in [5, 5.41) is 27.8. The van der Waals surface area contributed by atoms with Gasteiger partial charge in [0.2, 0.25) is 0 Å². The number of aliphatic hydroxyl groups is 2. The minimum Gasteiger partial charge on any atom is -0.462 e. The summed E-state index contributed by atoms with van der Waals surface area (Å²) in [7, 11) is -4.62. The monoisotopic (exact) mass is 587 g/mol. The molecule has 3 unspecified atom stereocenters. The van der Waals surface area contributed by atoms with E-state index in [9.17, 15) is 28.8 Å². The van der Waals surface area contributed by atoms with Gasteiger partial charge in [-0.25, -0.2) is 13.8 Å². The van der Waals surface area contributed by atoms with Gasteiger partial charge in [0.15, 0.2) is 17.4 Å². The highest BCUT2D eigenvalue weighted by Gasteiger charge is 2.94. The van der Waals surface area contributed by atoms with Gasteiger partial charge in [0.25, 0.3) is 0 Å². The van der Waals surface area contributed by atoms with Crippen molar-refractivity contribution in [2.24, 2.45) is 11.5 Å². The maximum atomic E-state index is 14.6. The molecule has 0 bridgehead atoms. The summed E-state index contributed by atoms with van der Waals surface area (Å²) in [6, 6.07) is 4.15. The molecule has 8 N–H and O–H groups in total. The standard InChI is InChI=1S/C24H35FN5O9P/c1-13(2)36-18(31)14(3)29-40(35,38-16-7-5-15(11-26)6-8-16)39-19-23(12-25)24(19,34)22(4,33)20(37-23)30-10-9-17(27)28-21(30)32/h5-10,13-14,17,19-20,33-34H,11-12,26-27H2,1-4H3,(H,28,32)(H,29,35)/t14?,17?,19-,20-,22+,23-,24+,40?/m1/s1. The Hall–Kier alpha value is -2.62. The van der Waals surface area contributed by atoms with Crippen molar-refractivity contribution in [1.82, 2.24) is 15.3 Å². The fourth-order valence-electron chi connectivity index (χ4n) is 4.87. The van der Waals surface area contributed by atoms with Crippen LogP contribution in [0.3, 0.4) is 0 Å². The molecule has 1 aromatic carbocycles. The maximum absolute atomic E-state index is 14.6. The molecule has 2 fully saturated rings. The van der Waals surface area contributed by atoms with Crippen molar-refractivity contribution in [2.75, 3.05) is 6.67 Å². The van der Waals surface area contributed by atoms with E-state index < -0.39 is 73.9 Å². The van der Waals surface area contributed by atoms with Crippen LogP contribution in [-0.4, -0.2) is 81.2 Å². The number of hydrogen-bond acceptors (Lipinski definition) is 11. The van der Waals surface area contributed by atoms with E-state index in [4.69, 9.17) is 30.0 Å². The molecular formula is C24H35FN5O9P. The Balaban J connectivity index is 1.63. The number of amides is 2. The molecule has 0 spiro atoms. The van der Waals surface area contributed by atoms with Gasteiger partial charge >= 0.3 is 19.7 Å². The summed E-state index contributed by atoms with van der Waals surface area (Å²) in [5.41, 5.74) is 4.97. The first-order valence-corrected chi connectivity index (χ1v) is 14.1. The third-order valence-corrected chi connectivity index (χ3v) is 8.70. The molecule has 0 radical (unpaired) electrons. The van der Waals surface area contributed by atoms with E-state index in [-0.39, 0.29) is 12.3 Å². The van der Waals surface area contributed by atoms with Gasteiger partial charge in [0, 0.05) is 12.7 Å². The van der Waals surface area contributed by atoms with Crippen molar-refractivity contribution < 1.29 is 47.3 Å². The average molecular weight is 588 g/mol. The number of carbonyl (C=O) groups is 2. The van der Waals surface area contributed by atoms with Crippen LogP contribution in [0.5, 0.6) is 5.75 Å². The Labute approximate surface area is 230 Å². The predicted molar refractivity (Wildman–Crippen MR) is 138 cm³/mol. The molecule has 8 atom stereocenters. The summed E-state index contributed by atoms with van der Waals surface area (Å²) in [5.74, 6) is -0.734. The fraction of sp³-hybridized carbons (Fsp3) is 0.583. The van der Waals surface area contributed by atoms with E-state index in [1.165, 1.54) is 31.3 Å². The summed E-state index contributed by atoms with van der Waals surface area (Å²) >= 11 is 0. The molecule has 14 nitrogen and oxygen atoms in total. The van der Waals surface area contributed by atoms with E-state index in [1.54, 1.807) is 26.0 Å². The third kappa shape index (κ3) is 5.01. The van der Waals surface area contributed by atoms with Crippen LogP contribution < -0.4 is 26.4 Å². The molecule has 1 saturated heterocycles. The molecule has 4 rings (SSSR count). The number of nitrogens with one attached hydrogen (secondary N) is 2. The van der Waals surface area contributed by atoms with Crippen LogP contribution in [0.2, 0.25) is 0 Å². The number of urea groups is 1. The Morgan fingerprint density at radius 2 is 1.95 bits per heavy atom. The zero-order chi connectivity index (χ0) is 29.7. The van der Waals surface area contributed by atoms with Crippen molar-refractivity contribution in [3.63, 3.8) is 0 Å². The normalized spacial score (nSPS) is 35.1. The van der Waals surface area contributed by atoms with Crippen LogP contribution in [-0.2, 0) is 29.9 Å². The second-order valence-electron chi connectivity index (χ2n) is 10.4. The average Bonchev–Trinajstić information content (AvgIpc) is 3.32. The Bertz CT molecular complexity index is 1220. The minimum atomic E-state index is -4.62. The third-order valence-electron chi connectivity index (χ3n) is 7.06. The van der Waals surface area contributed by atoms with E-state index in [2.05, 4.69) is 10.4 Å². The lowest BCUT2D eigenvalue weighted by Crippen LogP contribution is -2.61. The highest BCUT2D eigenvalue weighted by Crippen LogP contribution is 2.69. The number of fused-ring (bicyclic) bond motifs is 1. The molecule has 1 aromatic rings. The molecule has 1 saturated carbocycles. The topological polar surface area (TPSA) is 208 Å². The summed E-state index contributed by atoms with van der Waals surface area (Å²) in [6.07, 6.45) is -1.95. The van der Waals surface area contributed by atoms with Crippen molar-refractivity contribution in [3.05, 3.63) is 42.1 Å². The summed E-state index contributed by atoms with van der Waals surface area (Å²) < 4.78 is 50.8. The fourth-order valence-corrected chi connectivity index (χ4v) is 6.60. The summed E-state index contributed by atoms with van der Waals surface area (Å²) in [4.78, 5) is 25.9. The van der Waals surface area contributed by atoms with Crippen molar-refractivity contribution in [1.29, 1.82) is 0 Å². The number of nitrogens with zero attached hydrogens (tertiary/aromatic N) is 1. The van der Waals surface area contributed by atoms with Crippen molar-refractivity contribution in [3.8, 4) is 5.75 Å². The first-order valence-electron chi connectivity index (χ1n) is 12.6. The van der Waals surface area contributed by atoms with Crippen LogP contribution in [0.4, 0.5) is 9.18 Å². The first-order chi connectivity index (χ1) is 18.6. The number of nitrogens with two attached hydrogens (primary N) is 2. The van der Waals surface area contributed by atoms with E-state index in [0.717, 1.165) is 17.4 Å². The van der Waals surface area contributed by atoms with Crippen LogP contribution in [0, 0.1) is 0 Å². The molecule has 1 aliphatic carbocycles. The largest absolute Gasteiger partial charge is 0.462 e. The van der Waals surface area contributed by atoms with Crippen molar-refractivity contribution >= 4 is 19.7 Å². The zero-order valence-electron chi connectivity index (χ0n) is 22.4. The molecule has 40 heavy (non-hydrogen) atoms. The number of ether oxygens (including phenoxy) is 2. The van der Waals surface area contributed by atoms with Crippen LogP contribution in [0.1, 0.15) is 33.3 Å². The molecule has 2 amide bonds. The quantitative estimate of drug-likeness (QED) is 0.153. The van der Waals surface area contributed by atoms with Gasteiger partial charge < -0.3 is 41.0 Å². The van der Waals surface area contributed by atoms with Crippen LogP contribution in [0.25, 0.3) is 0 Å². The predicted octanol–water partition coefficient (Wildman–Crippen LogP) is 0.331. The number of carbonyl (C=O) groups excluding carboxylic acids is 2. The molecule has 3 aliphatic rings. The lowest BCUT2D eigenvalue weighted by Gasteiger charge is -2.39. The zero-order valence-corrected chi connectivity index (χ0v) is 23.3. The molecule has 16 heteroatoms. The Morgan fingerprint density at radius 1 is 1.30 bits per heavy atom. The van der Waals surface area contributed by atoms with Crippen LogP contribution >= 0.6 is 7.75 Å². The smallest absolute Gasteiger partial charge is 0.459 e. The highest BCUT2D eigenvalue weighted by atomic mass is 31.2. The lowest BCUT2D eigenvalue weighted by atomic mass is 9.93. The number of rotatable bonds is 11. The van der Waals surface area contributed by atoms with Gasteiger partial charge in [-0.1, -0.05) is 12.1 Å². The molecule has 0 aromatic heterocycles. The van der Waals surface area contributed by atoms with Gasteiger partial charge in [0.05, 0.1) is 12.3 Å². The second-order valence-corrected chi connectivity index (χ2v) is 12.0. The Morgan fingerprint density at radius 3 is 2.48 bits per heavy atom. The minimum absolute atomic E-state index is 0.0431. The van der Waals surface area contributed by atoms with E-state index in [1.807, 2.05) is 0 Å². The van der Waals surface area contributed by atoms with Gasteiger partial charge in [-0.05, 0) is 51.5 Å². The summed E-state index contributed by atoms with van der Waals surface area (Å²) in [6.45, 7) is 4.58. The highest BCUT2D eigenvalue weighted by molar-refractivity contribution is 7.52. The van der Waals surface area contributed by atoms with Gasteiger partial charge in [-0.2, -0.15) is 5.09 Å². The molecule has 2 aliphatic heterocycles. The van der Waals surface area contributed by atoms with Gasteiger partial charge in [-0.3, -0.25) is 14.2 Å². The van der Waals surface area contributed by atoms with Crippen LogP contribution in [0.15, 0.2) is 36.5 Å².